The SMILES string of the molecule is CC1C(Cl)C(Cl)C(Cl)C(N2C(=O)C3C(Cl)C(Cl)C(OC4C(Cl)C(Cl)C(OC5C(Cl)C(Cl)C6C(=O)N(C)C(=O)C6C5Cl)C(Cl)C4Cl)C(Cl)C3C2=O)C1Cl. The lowest BCUT2D eigenvalue weighted by atomic mass is 9.77. The third-order valence-electron chi connectivity index (χ3n) is 11.3. The summed E-state index contributed by atoms with van der Waals surface area (Å²) in [6.45, 7) is 1.75. The Morgan fingerprint density at radius 2 is 0.692 bits per heavy atom. The Hall–Kier alpha value is 2.26. The molecule has 6 fully saturated rings. The van der Waals surface area contributed by atoms with E-state index < -0.39 is 159 Å². The first-order chi connectivity index (χ1) is 24.2. The zero-order chi connectivity index (χ0) is 38.7. The van der Waals surface area contributed by atoms with Crippen LogP contribution in [-0.4, -0.2) is 146 Å². The van der Waals surface area contributed by atoms with E-state index in [1.807, 2.05) is 0 Å². The third-order valence-corrected chi connectivity index (χ3v) is 19.8. The molecule has 6 rings (SSSR count). The van der Waals surface area contributed by atoms with Crippen LogP contribution < -0.4 is 0 Å². The van der Waals surface area contributed by atoms with Gasteiger partial charge in [-0.25, -0.2) is 0 Å². The number of imide groups is 2. The number of fused-ring (bicyclic) bond motifs is 2. The van der Waals surface area contributed by atoms with Crippen LogP contribution in [-0.2, 0) is 28.7 Å². The van der Waals surface area contributed by atoms with Gasteiger partial charge in [-0.1, -0.05) is 6.92 Å². The van der Waals surface area contributed by atoms with Crippen LogP contribution in [0.2, 0.25) is 0 Å². The van der Waals surface area contributed by atoms with E-state index in [0.717, 1.165) is 9.80 Å². The monoisotopic (exact) mass is 1000 g/mol. The Balaban J connectivity index is 1.20. The summed E-state index contributed by atoms with van der Waals surface area (Å²) in [5.41, 5.74) is 0. The molecule has 0 spiro atoms. The lowest BCUT2D eigenvalue weighted by Gasteiger charge is -2.49. The molecule has 294 valence electrons. The molecule has 0 bridgehead atoms. The van der Waals surface area contributed by atoms with Gasteiger partial charge >= 0.3 is 0 Å². The molecule has 2 aliphatic heterocycles. The molecule has 4 amide bonds. The van der Waals surface area contributed by atoms with Gasteiger partial charge in [0.15, 0.2) is 0 Å². The quantitative estimate of drug-likeness (QED) is 0.220. The number of carbonyl (C=O) groups is 4. The third kappa shape index (κ3) is 6.79. The summed E-state index contributed by atoms with van der Waals surface area (Å²) in [6, 6.07) is -1.01. The van der Waals surface area contributed by atoms with Crippen molar-refractivity contribution in [3.63, 3.8) is 0 Å². The number of carbonyl (C=O) groups excluding carboxylic acids is 4. The van der Waals surface area contributed by atoms with Crippen molar-refractivity contribution in [2.45, 2.75) is 113 Å². The van der Waals surface area contributed by atoms with Gasteiger partial charge in [0.25, 0.3) is 0 Å². The van der Waals surface area contributed by atoms with E-state index in [2.05, 4.69) is 0 Å². The van der Waals surface area contributed by atoms with Crippen LogP contribution in [0.4, 0.5) is 0 Å². The number of rotatable bonds is 5. The second-order valence-electron chi connectivity index (χ2n) is 14.1. The van der Waals surface area contributed by atoms with Gasteiger partial charge < -0.3 is 9.47 Å². The molecule has 2 saturated heterocycles. The van der Waals surface area contributed by atoms with Crippen molar-refractivity contribution < 1.29 is 28.7 Å². The zero-order valence-electron chi connectivity index (χ0n) is 26.5. The van der Waals surface area contributed by atoms with Gasteiger partial charge in [-0.15, -0.1) is 162 Å². The van der Waals surface area contributed by atoms with Crippen molar-refractivity contribution in [2.75, 3.05) is 7.05 Å². The molecule has 52 heavy (non-hydrogen) atoms. The first-order valence-corrected chi connectivity index (χ1v) is 22.3. The normalized spacial score (nSPS) is 55.5. The summed E-state index contributed by atoms with van der Waals surface area (Å²) >= 11 is 94.6. The van der Waals surface area contributed by atoms with Crippen LogP contribution in [0.1, 0.15) is 6.92 Å². The maximum Gasteiger partial charge on any atom is 0.235 e. The van der Waals surface area contributed by atoms with Crippen LogP contribution in [0.25, 0.3) is 0 Å². The summed E-state index contributed by atoms with van der Waals surface area (Å²) in [5.74, 6) is -6.98. The van der Waals surface area contributed by atoms with Crippen LogP contribution in [0.3, 0.4) is 0 Å². The van der Waals surface area contributed by atoms with Gasteiger partial charge in [0.2, 0.25) is 23.6 Å². The highest BCUT2D eigenvalue weighted by molar-refractivity contribution is 6.39. The molecular formula is C30H30Cl14N2O6. The van der Waals surface area contributed by atoms with Gasteiger partial charge in [0.05, 0.1) is 129 Å². The minimum Gasteiger partial charge on any atom is -0.369 e. The van der Waals surface area contributed by atoms with Crippen molar-refractivity contribution in [2.24, 2.45) is 29.6 Å². The summed E-state index contributed by atoms with van der Waals surface area (Å²) in [7, 11) is 1.34. The summed E-state index contributed by atoms with van der Waals surface area (Å²) in [4.78, 5) is 55.6. The molecule has 8 nitrogen and oxygen atoms in total. The number of hydrogen-bond donors (Lipinski definition) is 0. The highest BCUT2D eigenvalue weighted by Crippen LogP contribution is 2.52. The zero-order valence-corrected chi connectivity index (χ0v) is 37.1. The average molecular weight is 1010 g/mol. The molecular weight excluding hydrogens is 981 g/mol. The van der Waals surface area contributed by atoms with E-state index in [1.54, 1.807) is 6.92 Å². The first-order valence-electron chi connectivity index (χ1n) is 16.1. The van der Waals surface area contributed by atoms with Crippen LogP contribution in [0, 0.1) is 29.6 Å². The number of halogens is 14. The molecule has 22 heteroatoms. The molecule has 6 aliphatic rings. The molecule has 4 aliphatic carbocycles. The van der Waals surface area contributed by atoms with Crippen LogP contribution in [0.5, 0.6) is 0 Å². The summed E-state index contributed by atoms with van der Waals surface area (Å²) < 4.78 is 12.7. The van der Waals surface area contributed by atoms with Crippen LogP contribution in [0.15, 0.2) is 0 Å². The van der Waals surface area contributed by atoms with Crippen molar-refractivity contribution in [3.05, 3.63) is 0 Å². The minimum atomic E-state index is -1.21. The van der Waals surface area contributed by atoms with E-state index in [1.165, 1.54) is 7.05 Å². The molecule has 4 saturated carbocycles. The smallest absolute Gasteiger partial charge is 0.235 e. The fraction of sp³-hybridized carbons (Fsp3) is 0.867. The van der Waals surface area contributed by atoms with Crippen molar-refractivity contribution >= 4 is 186 Å². The molecule has 22 unspecified atom stereocenters. The van der Waals surface area contributed by atoms with E-state index in [-0.39, 0.29) is 0 Å². The minimum absolute atomic E-state index is 0.412. The number of amides is 4. The molecule has 0 aromatic heterocycles. The highest BCUT2D eigenvalue weighted by atomic mass is 35.5. The van der Waals surface area contributed by atoms with E-state index >= 15 is 0 Å². The summed E-state index contributed by atoms with van der Waals surface area (Å²) in [6.07, 6.45) is -4.52. The Bertz CT molecular complexity index is 1420. The van der Waals surface area contributed by atoms with Crippen LogP contribution >= 0.6 is 162 Å². The first kappa shape index (κ1) is 43.8. The van der Waals surface area contributed by atoms with E-state index in [4.69, 9.17) is 172 Å². The van der Waals surface area contributed by atoms with Crippen molar-refractivity contribution in [3.8, 4) is 0 Å². The summed E-state index contributed by atoms with van der Waals surface area (Å²) in [5, 5.41) is -14.2. The Morgan fingerprint density at radius 1 is 0.385 bits per heavy atom. The predicted molar refractivity (Wildman–Crippen MR) is 209 cm³/mol. The lowest BCUT2D eigenvalue weighted by molar-refractivity contribution is -0.144. The molecule has 0 radical (unpaired) electrons. The molecule has 22 atom stereocenters. The van der Waals surface area contributed by atoms with Gasteiger partial charge in [-0.3, -0.25) is 29.0 Å². The van der Waals surface area contributed by atoms with Crippen molar-refractivity contribution in [1.29, 1.82) is 0 Å². The fourth-order valence-corrected chi connectivity index (χ4v) is 14.4. The number of hydrogen-bond acceptors (Lipinski definition) is 6. The van der Waals surface area contributed by atoms with Gasteiger partial charge in [-0.05, 0) is 5.92 Å². The number of ether oxygens (including phenoxy) is 2. The van der Waals surface area contributed by atoms with E-state index in [0.29, 0.717) is 0 Å². The number of likely N-dealkylation sites (tertiary alicyclic amines) is 2. The van der Waals surface area contributed by atoms with Gasteiger partial charge in [0, 0.05) is 7.05 Å². The fourth-order valence-electron chi connectivity index (χ4n) is 8.39. The maximum absolute atomic E-state index is 14.1. The predicted octanol–water partition coefficient (Wildman–Crippen LogP) is 6.89. The second kappa shape index (κ2) is 16.4. The van der Waals surface area contributed by atoms with Gasteiger partial charge in [0.1, 0.15) is 0 Å². The Kier molecular flexibility index (Phi) is 13.8. The molecule has 2 heterocycles. The second-order valence-corrected chi connectivity index (χ2v) is 21.1. The van der Waals surface area contributed by atoms with E-state index in [9.17, 15) is 19.2 Å². The molecule has 0 aromatic rings. The van der Waals surface area contributed by atoms with Crippen molar-refractivity contribution in [1.82, 2.24) is 9.80 Å². The number of nitrogens with zero attached hydrogens (tertiary/aromatic N) is 2. The Morgan fingerprint density at radius 3 is 1.10 bits per heavy atom. The maximum atomic E-state index is 14.1. The largest absolute Gasteiger partial charge is 0.369 e. The Labute approximate surface area is 370 Å². The average Bonchev–Trinajstić information content (AvgIpc) is 3.50. The number of alkyl halides is 14. The highest BCUT2D eigenvalue weighted by Gasteiger charge is 2.66. The molecule has 0 N–H and O–H groups in total. The lowest BCUT2D eigenvalue weighted by Crippen LogP contribution is -2.64. The van der Waals surface area contributed by atoms with Gasteiger partial charge in [-0.2, -0.15) is 0 Å². The standard InChI is InChI=1S/C30H30Cl14N2O6/c1-3-8(31)14(37)15(38)22(9(3)32)46-29(49)5-7(30(46)50)13(36)24(17(40)11(5)34)52-26-20(43)18(41)25(19(42)21(26)44)51-23-12(35)6-4(10(33)16(23)39)27(47)45(2)28(6)48/h3-26H,1-2H3. The molecule has 0 aromatic carbocycles. The topological polar surface area (TPSA) is 93.2 Å².